The summed E-state index contributed by atoms with van der Waals surface area (Å²) < 4.78 is 0. The minimum Gasteiger partial charge on any atom is -0.390 e. The Bertz CT molecular complexity index is 200. The predicted octanol–water partition coefficient (Wildman–Crippen LogP) is -0.504. The van der Waals surface area contributed by atoms with Gasteiger partial charge in [0.05, 0.1) is 12.2 Å². The summed E-state index contributed by atoms with van der Waals surface area (Å²) in [7, 11) is 0. The molecule has 1 saturated carbocycles. The third-order valence-corrected chi connectivity index (χ3v) is 3.39. The van der Waals surface area contributed by atoms with Crippen molar-refractivity contribution in [2.45, 2.75) is 51.1 Å². The molecule has 0 amide bonds. The van der Waals surface area contributed by atoms with Crippen molar-refractivity contribution in [1.29, 1.82) is 0 Å². The minimum absolute atomic E-state index is 0.166. The minimum atomic E-state index is -1.61. The maximum atomic E-state index is 9.74. The van der Waals surface area contributed by atoms with Crippen molar-refractivity contribution >= 4 is 0 Å². The van der Waals surface area contributed by atoms with Gasteiger partial charge in [0, 0.05) is 0 Å². The van der Waals surface area contributed by atoms with Gasteiger partial charge in [-0.25, -0.2) is 0 Å². The molecule has 0 aromatic heterocycles. The summed E-state index contributed by atoms with van der Waals surface area (Å²) in [5.74, 6) is 0.00521. The quantitative estimate of drug-likeness (QED) is 0.464. The molecule has 0 aromatic carbocycles. The van der Waals surface area contributed by atoms with Crippen molar-refractivity contribution in [3.05, 3.63) is 0 Å². The summed E-state index contributed by atoms with van der Waals surface area (Å²) in [6.07, 6.45) is -2.90. The van der Waals surface area contributed by atoms with E-state index in [1.165, 1.54) is 6.92 Å². The van der Waals surface area contributed by atoms with E-state index < -0.39 is 23.9 Å². The van der Waals surface area contributed by atoms with E-state index in [0.717, 1.165) is 0 Å². The van der Waals surface area contributed by atoms with Gasteiger partial charge in [-0.05, 0) is 25.2 Å². The molecule has 0 bridgehead atoms. The fourth-order valence-electron chi connectivity index (χ4n) is 2.08. The van der Waals surface area contributed by atoms with Crippen molar-refractivity contribution in [1.82, 2.24) is 0 Å². The molecule has 5 atom stereocenters. The van der Waals surface area contributed by atoms with Gasteiger partial charge >= 0.3 is 0 Å². The van der Waals surface area contributed by atoms with Crippen molar-refractivity contribution in [3.63, 3.8) is 0 Å². The first-order chi connectivity index (χ1) is 6.28. The van der Waals surface area contributed by atoms with Gasteiger partial charge in [0.1, 0.15) is 11.7 Å². The lowest BCUT2D eigenvalue weighted by Crippen LogP contribution is -2.62. The molecule has 14 heavy (non-hydrogen) atoms. The summed E-state index contributed by atoms with van der Waals surface area (Å²) in [5, 5.41) is 38.7. The van der Waals surface area contributed by atoms with Crippen LogP contribution in [0.3, 0.4) is 0 Å². The van der Waals surface area contributed by atoms with Crippen LogP contribution in [-0.2, 0) is 0 Å². The average molecular weight is 204 g/mol. The van der Waals surface area contributed by atoms with E-state index in [1.54, 1.807) is 0 Å². The Balaban J connectivity index is 2.84. The molecular weight excluding hydrogens is 184 g/mol. The van der Waals surface area contributed by atoms with Gasteiger partial charge < -0.3 is 20.4 Å². The van der Waals surface area contributed by atoms with Crippen LogP contribution in [0.1, 0.15) is 27.2 Å². The topological polar surface area (TPSA) is 80.9 Å². The molecule has 0 unspecified atom stereocenters. The molecule has 0 spiro atoms. The van der Waals surface area contributed by atoms with E-state index in [9.17, 15) is 20.4 Å². The zero-order valence-electron chi connectivity index (χ0n) is 8.88. The predicted molar refractivity (Wildman–Crippen MR) is 51.6 cm³/mol. The smallest absolute Gasteiger partial charge is 0.116 e. The van der Waals surface area contributed by atoms with Crippen LogP contribution in [0.25, 0.3) is 0 Å². The summed E-state index contributed by atoms with van der Waals surface area (Å²) >= 11 is 0. The Labute approximate surface area is 84.2 Å². The monoisotopic (exact) mass is 204 g/mol. The van der Waals surface area contributed by atoms with Gasteiger partial charge in [-0.15, -0.1) is 0 Å². The molecule has 4 nitrogen and oxygen atoms in total. The standard InChI is InChI=1S/C10H20O4/c1-5(2)6-4-7(11)10(3,14)9(13)8(6)12/h5-9,11-14H,4H2,1-3H3/t6-,7-,8+,9-,10+/m1/s1. The van der Waals surface area contributed by atoms with E-state index in [2.05, 4.69) is 0 Å². The van der Waals surface area contributed by atoms with Crippen molar-refractivity contribution in [2.24, 2.45) is 11.8 Å². The maximum absolute atomic E-state index is 9.74. The Kier molecular flexibility index (Phi) is 3.21. The van der Waals surface area contributed by atoms with Gasteiger partial charge in [-0.3, -0.25) is 0 Å². The molecule has 0 aliphatic heterocycles. The highest BCUT2D eigenvalue weighted by atomic mass is 16.4. The Morgan fingerprint density at radius 2 is 1.71 bits per heavy atom. The summed E-state index contributed by atoms with van der Waals surface area (Å²) in [6.45, 7) is 5.20. The van der Waals surface area contributed by atoms with Crippen LogP contribution in [-0.4, -0.2) is 44.3 Å². The molecule has 1 fully saturated rings. The molecular formula is C10H20O4. The molecule has 4 N–H and O–H groups in total. The molecule has 4 heteroatoms. The molecule has 0 aromatic rings. The second-order valence-corrected chi connectivity index (χ2v) is 4.82. The average Bonchev–Trinajstić information content (AvgIpc) is 2.08. The van der Waals surface area contributed by atoms with E-state index in [-0.39, 0.29) is 11.8 Å². The summed E-state index contributed by atoms with van der Waals surface area (Å²) in [6, 6.07) is 0. The van der Waals surface area contributed by atoms with Gasteiger partial charge in [-0.1, -0.05) is 13.8 Å². The lowest BCUT2D eigenvalue weighted by molar-refractivity contribution is -0.214. The lowest BCUT2D eigenvalue weighted by atomic mass is 9.70. The van der Waals surface area contributed by atoms with Crippen LogP contribution in [0.15, 0.2) is 0 Å². The van der Waals surface area contributed by atoms with Crippen molar-refractivity contribution in [2.75, 3.05) is 0 Å². The zero-order chi connectivity index (χ0) is 11.1. The van der Waals surface area contributed by atoms with Gasteiger partial charge in [0.25, 0.3) is 0 Å². The van der Waals surface area contributed by atoms with Crippen LogP contribution in [0.2, 0.25) is 0 Å². The second kappa shape index (κ2) is 3.77. The fourth-order valence-corrected chi connectivity index (χ4v) is 2.08. The van der Waals surface area contributed by atoms with Crippen molar-refractivity contribution in [3.8, 4) is 0 Å². The van der Waals surface area contributed by atoms with Gasteiger partial charge in [-0.2, -0.15) is 0 Å². The van der Waals surface area contributed by atoms with Crippen LogP contribution in [0, 0.1) is 11.8 Å². The molecule has 0 saturated heterocycles. The lowest BCUT2D eigenvalue weighted by Gasteiger charge is -2.46. The van der Waals surface area contributed by atoms with Crippen molar-refractivity contribution < 1.29 is 20.4 Å². The molecule has 0 radical (unpaired) electrons. The van der Waals surface area contributed by atoms with Crippen LogP contribution in [0.5, 0.6) is 0 Å². The highest BCUT2D eigenvalue weighted by molar-refractivity contribution is 5.01. The Morgan fingerprint density at radius 3 is 2.14 bits per heavy atom. The van der Waals surface area contributed by atoms with E-state index in [4.69, 9.17) is 0 Å². The van der Waals surface area contributed by atoms with E-state index in [1.807, 2.05) is 13.8 Å². The highest BCUT2D eigenvalue weighted by Crippen LogP contribution is 2.36. The fraction of sp³-hybridized carbons (Fsp3) is 1.00. The zero-order valence-corrected chi connectivity index (χ0v) is 8.88. The number of aliphatic hydroxyl groups is 4. The molecule has 84 valence electrons. The van der Waals surface area contributed by atoms with Gasteiger partial charge in [0.15, 0.2) is 0 Å². The van der Waals surface area contributed by atoms with E-state index in [0.29, 0.717) is 6.42 Å². The first-order valence-corrected chi connectivity index (χ1v) is 5.05. The van der Waals surface area contributed by atoms with E-state index >= 15 is 0 Å². The largest absolute Gasteiger partial charge is 0.390 e. The summed E-state index contributed by atoms with van der Waals surface area (Å²) in [5.41, 5.74) is -1.61. The molecule has 0 heterocycles. The maximum Gasteiger partial charge on any atom is 0.116 e. The molecule has 1 aliphatic carbocycles. The number of hydrogen-bond acceptors (Lipinski definition) is 4. The van der Waals surface area contributed by atoms with Crippen LogP contribution < -0.4 is 0 Å². The third-order valence-electron chi connectivity index (χ3n) is 3.39. The molecule has 1 rings (SSSR count). The second-order valence-electron chi connectivity index (χ2n) is 4.82. The number of hydrogen-bond donors (Lipinski definition) is 4. The first-order valence-electron chi connectivity index (χ1n) is 5.05. The van der Waals surface area contributed by atoms with Crippen LogP contribution in [0.4, 0.5) is 0 Å². The SMILES string of the molecule is CC(C)[C@H]1C[C@@H](O)[C@](C)(O)[C@H](O)[C@H]1O. The third kappa shape index (κ3) is 1.80. The summed E-state index contributed by atoms with van der Waals surface area (Å²) in [4.78, 5) is 0. The molecule has 1 aliphatic rings. The number of rotatable bonds is 1. The highest BCUT2D eigenvalue weighted by Gasteiger charge is 2.50. The normalized spacial score (nSPS) is 49.7. The van der Waals surface area contributed by atoms with Crippen LogP contribution >= 0.6 is 0 Å². The Morgan fingerprint density at radius 1 is 1.21 bits per heavy atom. The first kappa shape index (κ1) is 11.9. The van der Waals surface area contributed by atoms with Gasteiger partial charge in [0.2, 0.25) is 0 Å². The Hall–Kier alpha value is -0.160. The number of aliphatic hydroxyl groups excluding tert-OH is 3.